The van der Waals surface area contributed by atoms with Crippen molar-refractivity contribution in [1.82, 2.24) is 15.5 Å². The maximum Gasteiger partial charge on any atom is 0.241 e. The minimum absolute atomic E-state index is 0.314. The predicted octanol–water partition coefficient (Wildman–Crippen LogP) is 0.302. The van der Waals surface area contributed by atoms with Crippen molar-refractivity contribution in [2.45, 2.75) is 30.7 Å². The first kappa shape index (κ1) is 20.3. The number of benzene rings is 1. The highest BCUT2D eigenvalue weighted by Crippen LogP contribution is 2.28. The molecule has 0 atom stereocenters. The lowest BCUT2D eigenvalue weighted by atomic mass is 9.95. The average Bonchev–Trinajstić information content (AvgIpc) is 2.67. The number of amides is 1. The van der Waals surface area contributed by atoms with E-state index in [2.05, 4.69) is 27.7 Å². The summed E-state index contributed by atoms with van der Waals surface area (Å²) in [6.45, 7) is 5.63. The lowest BCUT2D eigenvalue weighted by Crippen LogP contribution is -2.57. The molecule has 7 nitrogen and oxygen atoms in total. The number of ether oxygens (including phenoxy) is 1. The van der Waals surface area contributed by atoms with E-state index < -0.39 is 14.6 Å². The van der Waals surface area contributed by atoms with E-state index in [1.54, 1.807) is 0 Å². The number of nitrogens with one attached hydrogen (secondary N) is 2. The summed E-state index contributed by atoms with van der Waals surface area (Å²) < 4.78 is 28.7. The molecule has 150 valence electrons. The molecule has 0 bridgehead atoms. The Morgan fingerprint density at radius 2 is 1.89 bits per heavy atom. The molecule has 0 saturated carbocycles. The summed E-state index contributed by atoms with van der Waals surface area (Å²) in [6.07, 6.45) is 1.80. The van der Waals surface area contributed by atoms with Crippen molar-refractivity contribution >= 4 is 15.7 Å². The number of hydrogen-bond donors (Lipinski definition) is 2. The van der Waals surface area contributed by atoms with Gasteiger partial charge in [-0.05, 0) is 37.1 Å². The van der Waals surface area contributed by atoms with E-state index >= 15 is 0 Å². The third-order valence-corrected chi connectivity index (χ3v) is 7.50. The smallest absolute Gasteiger partial charge is 0.241 e. The first-order valence-corrected chi connectivity index (χ1v) is 11.4. The zero-order valence-corrected chi connectivity index (χ0v) is 16.7. The lowest BCUT2D eigenvalue weighted by Gasteiger charge is -2.34. The van der Waals surface area contributed by atoms with Crippen molar-refractivity contribution in [2.24, 2.45) is 0 Å². The summed E-state index contributed by atoms with van der Waals surface area (Å²) in [5.74, 6) is -0.384. The Balaban J connectivity index is 1.63. The van der Waals surface area contributed by atoms with E-state index in [1.165, 1.54) is 11.8 Å². The molecule has 0 aromatic heterocycles. The highest BCUT2D eigenvalue weighted by Gasteiger charge is 2.48. The van der Waals surface area contributed by atoms with E-state index in [0.29, 0.717) is 32.5 Å². The Kier molecular flexibility index (Phi) is 6.52. The van der Waals surface area contributed by atoms with Crippen molar-refractivity contribution in [2.75, 3.05) is 45.6 Å². The average molecular weight is 396 g/mol. The molecule has 2 aliphatic heterocycles. The summed E-state index contributed by atoms with van der Waals surface area (Å²) >= 11 is 0. The molecule has 2 fully saturated rings. The topological polar surface area (TPSA) is 87.7 Å². The maximum absolute atomic E-state index is 12.8. The van der Waals surface area contributed by atoms with Crippen LogP contribution in [0, 0.1) is 0 Å². The molecule has 0 unspecified atom stereocenters. The summed E-state index contributed by atoms with van der Waals surface area (Å²) in [5.41, 5.74) is 2.16. The molecular weight excluding hydrogens is 366 g/mol. The van der Waals surface area contributed by atoms with Crippen LogP contribution < -0.4 is 10.6 Å². The van der Waals surface area contributed by atoms with Crippen LogP contribution in [0.5, 0.6) is 0 Å². The number of morpholine rings is 1. The second kappa shape index (κ2) is 8.68. The van der Waals surface area contributed by atoms with Gasteiger partial charge < -0.3 is 15.4 Å². The molecule has 0 radical (unpaired) electrons. The molecule has 27 heavy (non-hydrogen) atoms. The number of hydrogen-bond acceptors (Lipinski definition) is 6. The van der Waals surface area contributed by atoms with Crippen molar-refractivity contribution in [3.8, 4) is 0 Å². The van der Waals surface area contributed by atoms with Crippen LogP contribution >= 0.6 is 0 Å². The number of carbonyl (C=O) groups is 1. The van der Waals surface area contributed by atoms with E-state index in [1.807, 2.05) is 12.1 Å². The molecular formula is C19H29N3O4S. The van der Waals surface area contributed by atoms with Gasteiger partial charge in [-0.15, -0.1) is 0 Å². The number of carbonyl (C=O) groups excluding carboxylic acids is 1. The highest BCUT2D eigenvalue weighted by atomic mass is 32.2. The van der Waals surface area contributed by atoms with Gasteiger partial charge in [0.25, 0.3) is 0 Å². The van der Waals surface area contributed by atoms with Crippen LogP contribution in [0.2, 0.25) is 0 Å². The number of piperidine rings is 1. The third-order valence-electron chi connectivity index (χ3n) is 5.49. The predicted molar refractivity (Wildman–Crippen MR) is 104 cm³/mol. The number of sulfone groups is 1. The Bertz CT molecular complexity index is 754. The summed E-state index contributed by atoms with van der Waals surface area (Å²) in [4.78, 5) is 15.1. The third kappa shape index (κ3) is 4.87. The van der Waals surface area contributed by atoms with Crippen LogP contribution in [-0.2, 0) is 32.5 Å². The van der Waals surface area contributed by atoms with Gasteiger partial charge in [0.15, 0.2) is 14.6 Å². The van der Waals surface area contributed by atoms with Crippen LogP contribution in [0.1, 0.15) is 24.0 Å². The number of rotatable bonds is 6. The Hall–Kier alpha value is -1.48. The van der Waals surface area contributed by atoms with Crippen molar-refractivity contribution in [3.63, 3.8) is 0 Å². The second-order valence-electron chi connectivity index (χ2n) is 7.41. The Morgan fingerprint density at radius 1 is 1.22 bits per heavy atom. The maximum atomic E-state index is 12.8. The van der Waals surface area contributed by atoms with Gasteiger partial charge >= 0.3 is 0 Å². The Labute approximate surface area is 161 Å². The molecule has 0 aliphatic carbocycles. The van der Waals surface area contributed by atoms with E-state index in [4.69, 9.17) is 4.74 Å². The molecule has 1 amide bonds. The molecule has 2 heterocycles. The van der Waals surface area contributed by atoms with Gasteiger partial charge in [-0.1, -0.05) is 24.3 Å². The number of nitrogens with zero attached hydrogens (tertiary/aromatic N) is 1. The van der Waals surface area contributed by atoms with Crippen LogP contribution in [0.15, 0.2) is 24.3 Å². The monoisotopic (exact) mass is 395 g/mol. The molecule has 2 aliphatic rings. The van der Waals surface area contributed by atoms with Gasteiger partial charge in [-0.2, -0.15) is 0 Å². The van der Waals surface area contributed by atoms with Crippen LogP contribution in [0.4, 0.5) is 0 Å². The summed E-state index contributed by atoms with van der Waals surface area (Å²) in [6, 6.07) is 8.09. The fraction of sp³-hybridized carbons (Fsp3) is 0.632. The first-order valence-electron chi connectivity index (χ1n) is 9.47. The minimum Gasteiger partial charge on any atom is -0.379 e. The van der Waals surface area contributed by atoms with Crippen LogP contribution in [-0.4, -0.2) is 69.6 Å². The molecule has 2 saturated heterocycles. The molecule has 1 aromatic rings. The molecule has 2 N–H and O–H groups in total. The van der Waals surface area contributed by atoms with Crippen molar-refractivity contribution in [1.29, 1.82) is 0 Å². The molecule has 3 rings (SSSR count). The van der Waals surface area contributed by atoms with E-state index in [9.17, 15) is 13.2 Å². The minimum atomic E-state index is -3.49. The fourth-order valence-electron chi connectivity index (χ4n) is 3.80. The van der Waals surface area contributed by atoms with Gasteiger partial charge in [-0.3, -0.25) is 9.69 Å². The van der Waals surface area contributed by atoms with Crippen LogP contribution in [0.25, 0.3) is 0 Å². The second-order valence-corrected chi connectivity index (χ2v) is 9.73. The first-order chi connectivity index (χ1) is 12.9. The zero-order chi connectivity index (χ0) is 19.3. The van der Waals surface area contributed by atoms with Crippen molar-refractivity contribution < 1.29 is 17.9 Å². The molecule has 8 heteroatoms. The van der Waals surface area contributed by atoms with Gasteiger partial charge in [-0.25, -0.2) is 8.42 Å². The highest BCUT2D eigenvalue weighted by molar-refractivity contribution is 7.92. The summed E-state index contributed by atoms with van der Waals surface area (Å²) in [5, 5.41) is 6.00. The van der Waals surface area contributed by atoms with E-state index in [0.717, 1.165) is 38.4 Å². The normalized spacial score (nSPS) is 20.9. The van der Waals surface area contributed by atoms with Gasteiger partial charge in [0, 0.05) is 32.4 Å². The van der Waals surface area contributed by atoms with Gasteiger partial charge in [0.05, 0.1) is 13.2 Å². The van der Waals surface area contributed by atoms with Crippen molar-refractivity contribution in [3.05, 3.63) is 35.4 Å². The Morgan fingerprint density at radius 3 is 2.56 bits per heavy atom. The molecule has 0 spiro atoms. The lowest BCUT2D eigenvalue weighted by molar-refractivity contribution is -0.124. The standard InChI is InChI=1S/C19H29N3O4S/c1-27(24,25)19(5-7-20-8-6-19)18(23)21-14-16-3-2-4-17(13-16)15-22-9-11-26-12-10-22/h2-4,13,20H,5-12,14-15H2,1H3,(H,21,23). The molecule has 1 aromatic carbocycles. The SMILES string of the molecule is CS(=O)(=O)C1(C(=O)NCc2cccc(CN3CCOCC3)c2)CCNCC1. The van der Waals surface area contributed by atoms with E-state index in [-0.39, 0.29) is 5.91 Å². The fourth-order valence-corrected chi connectivity index (χ4v) is 5.15. The quantitative estimate of drug-likeness (QED) is 0.721. The van der Waals surface area contributed by atoms with Gasteiger partial charge in [0.1, 0.15) is 0 Å². The summed E-state index contributed by atoms with van der Waals surface area (Å²) in [7, 11) is -3.49. The zero-order valence-electron chi connectivity index (χ0n) is 15.9. The van der Waals surface area contributed by atoms with Crippen LogP contribution in [0.3, 0.4) is 0 Å². The largest absolute Gasteiger partial charge is 0.379 e. The van der Waals surface area contributed by atoms with Gasteiger partial charge in [0.2, 0.25) is 5.91 Å².